The maximum Gasteiger partial charge on any atom is 0.325 e. The number of carbonyl (C=O) groups is 3. The van der Waals surface area contributed by atoms with Gasteiger partial charge < -0.3 is 19.7 Å². The van der Waals surface area contributed by atoms with Crippen LogP contribution in [0.1, 0.15) is 42.8 Å². The summed E-state index contributed by atoms with van der Waals surface area (Å²) in [6, 6.07) is 11.4. The molecule has 1 aliphatic rings. The molecule has 2 aromatic rings. The second kappa shape index (κ2) is 10.9. The molecule has 2 amide bonds. The van der Waals surface area contributed by atoms with Crippen LogP contribution in [0.4, 0.5) is 0 Å². The number of amides is 2. The fraction of sp³-hybridized carbons (Fsp3) is 0.435. The van der Waals surface area contributed by atoms with Gasteiger partial charge in [0.15, 0.2) is 6.61 Å². The summed E-state index contributed by atoms with van der Waals surface area (Å²) in [5, 5.41) is 2.58. The number of likely N-dealkylation sites (tertiary alicyclic amines) is 1. The Kier molecular flexibility index (Phi) is 8.06. The average molecular weight is 445 g/mol. The van der Waals surface area contributed by atoms with E-state index in [0.29, 0.717) is 10.6 Å². The van der Waals surface area contributed by atoms with E-state index in [-0.39, 0.29) is 25.2 Å². The molecule has 0 aliphatic carbocycles. The smallest absolute Gasteiger partial charge is 0.325 e. The molecule has 0 radical (unpaired) electrons. The predicted molar refractivity (Wildman–Crippen MR) is 119 cm³/mol. The number of nitrogens with zero attached hydrogens (tertiary/aromatic N) is 1. The van der Waals surface area contributed by atoms with Gasteiger partial charge in [-0.15, -0.1) is 11.3 Å². The van der Waals surface area contributed by atoms with Gasteiger partial charge in [0, 0.05) is 18.0 Å². The molecular formula is C23H28N2O5S. The monoisotopic (exact) mass is 444 g/mol. The van der Waals surface area contributed by atoms with Crippen molar-refractivity contribution in [2.75, 3.05) is 26.2 Å². The minimum atomic E-state index is -0.508. The van der Waals surface area contributed by atoms with Crippen molar-refractivity contribution in [3.63, 3.8) is 0 Å². The van der Waals surface area contributed by atoms with E-state index in [1.54, 1.807) is 24.8 Å². The van der Waals surface area contributed by atoms with Crippen LogP contribution in [0.5, 0.6) is 5.75 Å². The van der Waals surface area contributed by atoms with Gasteiger partial charge in [0.25, 0.3) is 11.8 Å². The number of carbonyl (C=O) groups excluding carboxylic acids is 3. The standard InChI is InChI=1S/C23H28N2O5S/c1-16(2)30-21(27)14-24-23(28)22-18(13-19(31-22)17-9-5-3-6-10-17)29-15-20(26)25-11-7-4-8-12-25/h3,5-6,9-10,13,16H,4,7-8,11-12,14-15H2,1-2H3,(H,24,28). The first-order valence-corrected chi connectivity index (χ1v) is 11.3. The van der Waals surface area contributed by atoms with Gasteiger partial charge in [-0.25, -0.2) is 0 Å². The molecule has 0 saturated carbocycles. The molecule has 3 rings (SSSR count). The number of hydrogen-bond donors (Lipinski definition) is 1. The van der Waals surface area contributed by atoms with Crippen molar-refractivity contribution >= 4 is 29.1 Å². The number of rotatable bonds is 8. The quantitative estimate of drug-likeness (QED) is 0.630. The van der Waals surface area contributed by atoms with Gasteiger partial charge in [0.05, 0.1) is 6.10 Å². The van der Waals surface area contributed by atoms with E-state index in [2.05, 4.69) is 5.32 Å². The van der Waals surface area contributed by atoms with Gasteiger partial charge >= 0.3 is 5.97 Å². The minimum absolute atomic E-state index is 0.0842. The Bertz CT molecular complexity index is 904. The Balaban J connectivity index is 1.72. The Labute approximate surface area is 186 Å². The Morgan fingerprint density at radius 3 is 2.48 bits per heavy atom. The summed E-state index contributed by atoms with van der Waals surface area (Å²) >= 11 is 1.26. The van der Waals surface area contributed by atoms with Crippen LogP contribution in [0.3, 0.4) is 0 Å². The first-order valence-electron chi connectivity index (χ1n) is 10.5. The van der Waals surface area contributed by atoms with E-state index in [4.69, 9.17) is 9.47 Å². The summed E-state index contributed by atoms with van der Waals surface area (Å²) in [6.45, 7) is 4.62. The highest BCUT2D eigenvalue weighted by Gasteiger charge is 2.22. The van der Waals surface area contributed by atoms with Crippen LogP contribution in [0.25, 0.3) is 10.4 Å². The van der Waals surface area contributed by atoms with Gasteiger partial charge in [0.2, 0.25) is 0 Å². The number of hydrogen-bond acceptors (Lipinski definition) is 6. The fourth-order valence-corrected chi connectivity index (χ4v) is 4.32. The molecule has 7 nitrogen and oxygen atoms in total. The van der Waals surface area contributed by atoms with E-state index in [9.17, 15) is 14.4 Å². The van der Waals surface area contributed by atoms with Crippen LogP contribution >= 0.6 is 11.3 Å². The lowest BCUT2D eigenvalue weighted by Crippen LogP contribution is -2.38. The molecule has 1 N–H and O–H groups in total. The van der Waals surface area contributed by atoms with Crippen molar-refractivity contribution in [1.29, 1.82) is 0 Å². The summed E-state index contributed by atoms with van der Waals surface area (Å²) < 4.78 is 10.8. The van der Waals surface area contributed by atoms with Crippen molar-refractivity contribution in [3.8, 4) is 16.2 Å². The number of ether oxygens (including phenoxy) is 2. The third kappa shape index (κ3) is 6.55. The van der Waals surface area contributed by atoms with Gasteiger partial charge in [-0.05, 0) is 44.7 Å². The predicted octanol–water partition coefficient (Wildman–Crippen LogP) is 3.49. The van der Waals surface area contributed by atoms with E-state index < -0.39 is 11.9 Å². The molecule has 0 spiro atoms. The first kappa shape index (κ1) is 22.8. The number of piperidine rings is 1. The minimum Gasteiger partial charge on any atom is -0.482 e. The zero-order chi connectivity index (χ0) is 22.2. The third-order valence-corrected chi connectivity index (χ3v) is 5.95. The summed E-state index contributed by atoms with van der Waals surface area (Å²) in [5.74, 6) is -0.692. The van der Waals surface area contributed by atoms with Crippen LogP contribution < -0.4 is 10.1 Å². The molecule has 1 fully saturated rings. The maximum atomic E-state index is 12.8. The molecule has 0 atom stereocenters. The van der Waals surface area contributed by atoms with Crippen molar-refractivity contribution < 1.29 is 23.9 Å². The lowest BCUT2D eigenvalue weighted by molar-refractivity contribution is -0.146. The Morgan fingerprint density at radius 1 is 1.10 bits per heavy atom. The SMILES string of the molecule is CC(C)OC(=O)CNC(=O)c1sc(-c2ccccc2)cc1OCC(=O)N1CCCCC1. The molecule has 0 unspecified atom stereocenters. The first-order chi connectivity index (χ1) is 14.9. The number of thiophene rings is 1. The normalized spacial score (nSPS) is 13.7. The number of nitrogens with one attached hydrogen (secondary N) is 1. The molecule has 0 bridgehead atoms. The second-order valence-electron chi connectivity index (χ2n) is 7.62. The van der Waals surface area contributed by atoms with Crippen molar-refractivity contribution in [2.24, 2.45) is 0 Å². The van der Waals surface area contributed by atoms with Gasteiger partial charge in [-0.2, -0.15) is 0 Å². The largest absolute Gasteiger partial charge is 0.482 e. The molecule has 2 heterocycles. The molecular weight excluding hydrogens is 416 g/mol. The van der Waals surface area contributed by atoms with Crippen LogP contribution in [-0.4, -0.2) is 55.0 Å². The zero-order valence-electron chi connectivity index (χ0n) is 17.9. The van der Waals surface area contributed by atoms with Gasteiger partial charge in [-0.3, -0.25) is 14.4 Å². The van der Waals surface area contributed by atoms with Gasteiger partial charge in [-0.1, -0.05) is 30.3 Å². The van der Waals surface area contributed by atoms with Crippen molar-refractivity contribution in [1.82, 2.24) is 10.2 Å². The topological polar surface area (TPSA) is 84.9 Å². The molecule has 8 heteroatoms. The van der Waals surface area contributed by atoms with Crippen molar-refractivity contribution in [2.45, 2.75) is 39.2 Å². The van der Waals surface area contributed by atoms with E-state index in [1.165, 1.54) is 11.3 Å². The lowest BCUT2D eigenvalue weighted by Gasteiger charge is -2.26. The van der Waals surface area contributed by atoms with E-state index in [1.807, 2.05) is 30.3 Å². The average Bonchev–Trinajstić information content (AvgIpc) is 3.21. The maximum absolute atomic E-state index is 12.8. The summed E-state index contributed by atoms with van der Waals surface area (Å²) in [5.41, 5.74) is 0.943. The third-order valence-electron chi connectivity index (χ3n) is 4.78. The highest BCUT2D eigenvalue weighted by atomic mass is 32.1. The highest BCUT2D eigenvalue weighted by Crippen LogP contribution is 2.36. The van der Waals surface area contributed by atoms with Crippen LogP contribution in [0.15, 0.2) is 36.4 Å². The summed E-state index contributed by atoms with van der Waals surface area (Å²) in [6.07, 6.45) is 2.89. The Hall–Kier alpha value is -2.87. The molecule has 1 aromatic carbocycles. The summed E-state index contributed by atoms with van der Waals surface area (Å²) in [4.78, 5) is 40.0. The highest BCUT2D eigenvalue weighted by molar-refractivity contribution is 7.17. The van der Waals surface area contributed by atoms with Crippen LogP contribution in [0.2, 0.25) is 0 Å². The molecule has 31 heavy (non-hydrogen) atoms. The molecule has 1 saturated heterocycles. The number of benzene rings is 1. The fourth-order valence-electron chi connectivity index (χ4n) is 3.30. The Morgan fingerprint density at radius 2 is 1.81 bits per heavy atom. The van der Waals surface area contributed by atoms with Gasteiger partial charge in [0.1, 0.15) is 17.2 Å². The molecule has 1 aromatic heterocycles. The van der Waals surface area contributed by atoms with E-state index >= 15 is 0 Å². The van der Waals surface area contributed by atoms with Crippen molar-refractivity contribution in [3.05, 3.63) is 41.3 Å². The lowest BCUT2D eigenvalue weighted by atomic mass is 10.1. The van der Waals surface area contributed by atoms with E-state index in [0.717, 1.165) is 42.8 Å². The van der Waals surface area contributed by atoms with Crippen LogP contribution in [-0.2, 0) is 14.3 Å². The summed E-state index contributed by atoms with van der Waals surface area (Å²) in [7, 11) is 0. The molecule has 166 valence electrons. The molecule has 1 aliphatic heterocycles. The second-order valence-corrected chi connectivity index (χ2v) is 8.67. The van der Waals surface area contributed by atoms with Crippen LogP contribution in [0, 0.1) is 0 Å². The zero-order valence-corrected chi connectivity index (χ0v) is 18.7. The number of esters is 1.